The normalized spacial score (nSPS) is 7.91. The summed E-state index contributed by atoms with van der Waals surface area (Å²) in [5.41, 5.74) is 4.18. The molecule has 0 heterocycles. The lowest BCUT2D eigenvalue weighted by molar-refractivity contribution is -0.00000252. The molecule has 0 fully saturated rings. The van der Waals surface area contributed by atoms with Crippen LogP contribution in [0.3, 0.4) is 0 Å². The van der Waals surface area contributed by atoms with E-state index in [2.05, 4.69) is 39.0 Å². The maximum atomic E-state index is 2.16. The van der Waals surface area contributed by atoms with Crippen LogP contribution >= 0.6 is 0 Å². The Morgan fingerprint density at radius 1 is 0.909 bits per heavy atom. The fourth-order valence-corrected chi connectivity index (χ4v) is 0.898. The summed E-state index contributed by atoms with van der Waals surface area (Å²) in [4.78, 5) is 0. The zero-order valence-electron chi connectivity index (χ0n) is 7.61. The van der Waals surface area contributed by atoms with Crippen molar-refractivity contribution in [3.63, 3.8) is 0 Å². The third-order valence-corrected chi connectivity index (χ3v) is 1.88. The van der Waals surface area contributed by atoms with Gasteiger partial charge in [0.15, 0.2) is 0 Å². The van der Waals surface area contributed by atoms with E-state index in [1.54, 1.807) is 0 Å². The van der Waals surface area contributed by atoms with Crippen LogP contribution in [-0.2, 0) is 0 Å². The van der Waals surface area contributed by atoms with E-state index in [0.717, 1.165) is 0 Å². The quantitative estimate of drug-likeness (QED) is 0.636. The molecule has 4 N–H and O–H groups in total. The fourth-order valence-electron chi connectivity index (χ4n) is 0.898. The molecule has 0 aliphatic heterocycles. The van der Waals surface area contributed by atoms with Gasteiger partial charge in [0.2, 0.25) is 0 Å². The first-order chi connectivity index (χ1) is 4.22. The zero-order valence-corrected chi connectivity index (χ0v) is 9.20. The second-order valence-electron chi connectivity index (χ2n) is 2.52. The highest BCUT2D eigenvalue weighted by Crippen LogP contribution is 2.09. The summed E-state index contributed by atoms with van der Waals surface area (Å²) in [6.45, 7) is 6.44. The van der Waals surface area contributed by atoms with Crippen molar-refractivity contribution in [2.75, 3.05) is 0 Å². The van der Waals surface area contributed by atoms with Gasteiger partial charge in [-0.1, -0.05) is 18.2 Å². The summed E-state index contributed by atoms with van der Waals surface area (Å²) in [6, 6.07) is 6.38. The van der Waals surface area contributed by atoms with Gasteiger partial charge in [-0.05, 0) is 37.5 Å². The highest BCUT2D eigenvalue weighted by molar-refractivity contribution is 5.31. The van der Waals surface area contributed by atoms with E-state index in [-0.39, 0.29) is 23.1 Å². The lowest BCUT2D eigenvalue weighted by Gasteiger charge is -2.00. The monoisotopic (exact) mass is 217 g/mol. The van der Waals surface area contributed by atoms with E-state index < -0.39 is 0 Å². The maximum absolute atomic E-state index is 2.16. The molecule has 0 amide bonds. The van der Waals surface area contributed by atoms with Crippen molar-refractivity contribution in [1.82, 2.24) is 6.15 Å². The minimum atomic E-state index is 0. The Kier molecular flexibility index (Phi) is 6.43. The van der Waals surface area contributed by atoms with Gasteiger partial charge in [0.1, 0.15) is 0 Å². The van der Waals surface area contributed by atoms with Crippen molar-refractivity contribution in [2.24, 2.45) is 0 Å². The Labute approximate surface area is 79.2 Å². The van der Waals surface area contributed by atoms with Crippen LogP contribution in [0.1, 0.15) is 16.7 Å². The van der Waals surface area contributed by atoms with Crippen LogP contribution in [0.25, 0.3) is 0 Å². The number of aryl methyl sites for hydroxylation is 2. The summed E-state index contributed by atoms with van der Waals surface area (Å²) in [5.74, 6) is 0. The maximum Gasteiger partial charge on any atom is -0.0392 e. The molecule has 64 valence electrons. The van der Waals surface area contributed by atoms with Crippen LogP contribution in [0.4, 0.5) is 0 Å². The molecule has 0 aliphatic carbocycles. The van der Waals surface area contributed by atoms with Gasteiger partial charge in [-0.2, -0.15) is 0 Å². The van der Waals surface area contributed by atoms with Crippen LogP contribution in [0, 0.1) is 20.8 Å². The molecule has 0 radical (unpaired) electrons. The number of benzene rings is 1. The summed E-state index contributed by atoms with van der Waals surface area (Å²) in [5, 5.41) is 0. The average molecular weight is 218 g/mol. The molecule has 0 atom stereocenters. The Morgan fingerprint density at radius 2 is 1.27 bits per heavy atom. The van der Waals surface area contributed by atoms with E-state index in [1.165, 1.54) is 16.7 Å². The molecule has 0 spiro atoms. The SMILES string of the molecule is Cc1cccc(C)c1C.[Br-].[NH4+]. The molecule has 1 aromatic rings. The van der Waals surface area contributed by atoms with Gasteiger partial charge in [0, 0.05) is 0 Å². The van der Waals surface area contributed by atoms with Gasteiger partial charge in [-0.3, -0.25) is 0 Å². The molecule has 0 bridgehead atoms. The summed E-state index contributed by atoms with van der Waals surface area (Å²) < 4.78 is 0. The van der Waals surface area contributed by atoms with Crippen molar-refractivity contribution in [2.45, 2.75) is 20.8 Å². The van der Waals surface area contributed by atoms with Gasteiger partial charge in [0.05, 0.1) is 0 Å². The number of hydrogen-bond donors (Lipinski definition) is 1. The largest absolute Gasteiger partial charge is 1.00 e. The molecule has 1 rings (SSSR count). The van der Waals surface area contributed by atoms with E-state index >= 15 is 0 Å². The highest BCUT2D eigenvalue weighted by Gasteiger charge is 1.91. The second-order valence-corrected chi connectivity index (χ2v) is 2.52. The minimum absolute atomic E-state index is 0. The number of halogens is 1. The fraction of sp³-hybridized carbons (Fsp3) is 0.333. The van der Waals surface area contributed by atoms with E-state index in [9.17, 15) is 0 Å². The minimum Gasteiger partial charge on any atom is -1.00 e. The topological polar surface area (TPSA) is 36.5 Å². The molecular formula is C9H16BrN. The predicted octanol–water partition coefficient (Wildman–Crippen LogP) is -0.00794. The molecule has 0 unspecified atom stereocenters. The standard InChI is InChI=1S/C9H12.BrH.H3N/c1-7-5-4-6-8(2)9(7)3;;/h4-6H,1-3H3;1H;1H3. The lowest BCUT2D eigenvalue weighted by Crippen LogP contribution is -3.00. The predicted molar refractivity (Wildman–Crippen MR) is 46.6 cm³/mol. The van der Waals surface area contributed by atoms with Gasteiger partial charge >= 0.3 is 0 Å². The Balaban J connectivity index is 0. The third-order valence-electron chi connectivity index (χ3n) is 1.88. The smallest absolute Gasteiger partial charge is 0.0392 e. The van der Waals surface area contributed by atoms with Crippen molar-refractivity contribution >= 4 is 0 Å². The van der Waals surface area contributed by atoms with Crippen LogP contribution < -0.4 is 23.1 Å². The van der Waals surface area contributed by atoms with Crippen LogP contribution in [0.5, 0.6) is 0 Å². The van der Waals surface area contributed by atoms with Crippen LogP contribution in [-0.4, -0.2) is 0 Å². The van der Waals surface area contributed by atoms with Crippen molar-refractivity contribution in [3.05, 3.63) is 34.9 Å². The number of quaternary nitrogens is 1. The van der Waals surface area contributed by atoms with Crippen LogP contribution in [0.15, 0.2) is 18.2 Å². The Bertz CT molecular complexity index is 201. The molecule has 0 aromatic heterocycles. The first-order valence-electron chi connectivity index (χ1n) is 3.24. The van der Waals surface area contributed by atoms with Crippen molar-refractivity contribution in [1.29, 1.82) is 0 Å². The summed E-state index contributed by atoms with van der Waals surface area (Å²) in [7, 11) is 0. The van der Waals surface area contributed by atoms with Crippen molar-refractivity contribution in [3.8, 4) is 0 Å². The zero-order chi connectivity index (χ0) is 6.85. The van der Waals surface area contributed by atoms with Crippen molar-refractivity contribution < 1.29 is 17.0 Å². The molecule has 0 saturated heterocycles. The number of rotatable bonds is 0. The highest BCUT2D eigenvalue weighted by atomic mass is 79.9. The Hall–Kier alpha value is -0.340. The molecule has 1 nitrogen and oxygen atoms in total. The molecule has 11 heavy (non-hydrogen) atoms. The van der Waals surface area contributed by atoms with E-state index in [1.807, 2.05) is 0 Å². The first-order valence-corrected chi connectivity index (χ1v) is 3.24. The summed E-state index contributed by atoms with van der Waals surface area (Å²) >= 11 is 0. The third kappa shape index (κ3) is 3.04. The van der Waals surface area contributed by atoms with E-state index in [4.69, 9.17) is 0 Å². The van der Waals surface area contributed by atoms with Gasteiger partial charge in [-0.15, -0.1) is 0 Å². The molecule has 2 heteroatoms. The molecule has 1 aromatic carbocycles. The van der Waals surface area contributed by atoms with Gasteiger partial charge < -0.3 is 23.1 Å². The van der Waals surface area contributed by atoms with Gasteiger partial charge in [0.25, 0.3) is 0 Å². The molecule has 0 aliphatic rings. The lowest BCUT2D eigenvalue weighted by atomic mass is 10.1. The first kappa shape index (κ1) is 13.3. The van der Waals surface area contributed by atoms with Gasteiger partial charge in [-0.25, -0.2) is 0 Å². The average Bonchev–Trinajstić information content (AvgIpc) is 1.83. The summed E-state index contributed by atoms with van der Waals surface area (Å²) in [6.07, 6.45) is 0. The Morgan fingerprint density at radius 3 is 1.55 bits per heavy atom. The molecular weight excluding hydrogens is 202 g/mol. The second kappa shape index (κ2) is 5.33. The van der Waals surface area contributed by atoms with Crippen LogP contribution in [0.2, 0.25) is 0 Å². The molecule has 0 saturated carbocycles. The number of hydrogen-bond acceptors (Lipinski definition) is 0. The van der Waals surface area contributed by atoms with E-state index in [0.29, 0.717) is 0 Å².